The standard InChI is InChI=1S/C29H33N5O/c1-20-7-8-23(18-22(20)3)28-26(34-13-5-6-21(2)29(34)31-28)19-27(35)30-24-9-11-25(12-10-24)33-16-14-32(4)15-17-33/h5-13,18H,14-17,19H2,1-4H3,(H,30,35). The van der Waals surface area contributed by atoms with E-state index in [1.54, 1.807) is 0 Å². The van der Waals surface area contributed by atoms with Crippen molar-refractivity contribution in [2.75, 3.05) is 43.4 Å². The van der Waals surface area contributed by atoms with Crippen molar-refractivity contribution in [1.29, 1.82) is 0 Å². The van der Waals surface area contributed by atoms with Gasteiger partial charge in [0.15, 0.2) is 0 Å². The number of imidazole rings is 1. The van der Waals surface area contributed by atoms with E-state index in [9.17, 15) is 4.79 Å². The molecule has 6 nitrogen and oxygen atoms in total. The summed E-state index contributed by atoms with van der Waals surface area (Å²) in [5.74, 6) is -0.0502. The van der Waals surface area contributed by atoms with Gasteiger partial charge in [-0.25, -0.2) is 4.98 Å². The number of aryl methyl sites for hydroxylation is 3. The Hall–Kier alpha value is -3.64. The molecule has 1 aliphatic rings. The Morgan fingerprint density at radius 2 is 1.66 bits per heavy atom. The molecular formula is C29H33N5O. The van der Waals surface area contributed by atoms with Gasteiger partial charge >= 0.3 is 0 Å². The lowest BCUT2D eigenvalue weighted by atomic mass is 10.0. The quantitative estimate of drug-likeness (QED) is 0.456. The molecule has 2 aromatic heterocycles. The Kier molecular flexibility index (Phi) is 6.31. The molecule has 5 rings (SSSR count). The molecule has 0 spiro atoms. The number of aromatic nitrogens is 2. The summed E-state index contributed by atoms with van der Waals surface area (Å²) in [7, 11) is 2.16. The van der Waals surface area contributed by atoms with Crippen molar-refractivity contribution >= 4 is 22.9 Å². The highest BCUT2D eigenvalue weighted by atomic mass is 16.1. The number of hydrogen-bond acceptors (Lipinski definition) is 4. The molecule has 0 radical (unpaired) electrons. The summed E-state index contributed by atoms with van der Waals surface area (Å²) >= 11 is 0. The van der Waals surface area contributed by atoms with Crippen LogP contribution in [0.4, 0.5) is 11.4 Å². The highest BCUT2D eigenvalue weighted by molar-refractivity contribution is 5.93. The van der Waals surface area contributed by atoms with Gasteiger partial charge < -0.3 is 19.5 Å². The van der Waals surface area contributed by atoms with Crippen molar-refractivity contribution in [3.63, 3.8) is 0 Å². The minimum absolute atomic E-state index is 0.0502. The summed E-state index contributed by atoms with van der Waals surface area (Å²) in [6, 6.07) is 18.6. The Morgan fingerprint density at radius 1 is 0.914 bits per heavy atom. The van der Waals surface area contributed by atoms with Crippen LogP contribution in [-0.4, -0.2) is 53.4 Å². The van der Waals surface area contributed by atoms with Gasteiger partial charge in [0.05, 0.1) is 17.8 Å². The number of carbonyl (C=O) groups excluding carboxylic acids is 1. The number of likely N-dealkylation sites (N-methyl/N-ethyl adjacent to an activating group) is 1. The summed E-state index contributed by atoms with van der Waals surface area (Å²) in [6.45, 7) is 10.5. The Morgan fingerprint density at radius 3 is 2.37 bits per heavy atom. The van der Waals surface area contributed by atoms with E-state index in [-0.39, 0.29) is 12.3 Å². The van der Waals surface area contributed by atoms with Gasteiger partial charge in [0.25, 0.3) is 0 Å². The maximum atomic E-state index is 13.2. The highest BCUT2D eigenvalue weighted by Crippen LogP contribution is 2.28. The number of nitrogens with zero attached hydrogens (tertiary/aromatic N) is 4. The smallest absolute Gasteiger partial charge is 0.230 e. The molecule has 0 bridgehead atoms. The zero-order chi connectivity index (χ0) is 24.5. The van der Waals surface area contributed by atoms with Crippen LogP contribution in [0, 0.1) is 20.8 Å². The number of pyridine rings is 1. The molecule has 0 atom stereocenters. The number of rotatable bonds is 5. The van der Waals surface area contributed by atoms with Crippen LogP contribution in [0.1, 0.15) is 22.4 Å². The van der Waals surface area contributed by atoms with Crippen molar-refractivity contribution in [1.82, 2.24) is 14.3 Å². The van der Waals surface area contributed by atoms with Gasteiger partial charge in [-0.05, 0) is 80.9 Å². The number of amides is 1. The van der Waals surface area contributed by atoms with Crippen molar-refractivity contribution in [2.24, 2.45) is 0 Å². The van der Waals surface area contributed by atoms with Gasteiger partial charge in [0.2, 0.25) is 5.91 Å². The summed E-state index contributed by atoms with van der Waals surface area (Å²) in [5.41, 5.74) is 9.25. The lowest BCUT2D eigenvalue weighted by molar-refractivity contribution is -0.115. The minimum Gasteiger partial charge on any atom is -0.369 e. The maximum absolute atomic E-state index is 13.2. The Bertz CT molecular complexity index is 1360. The molecule has 1 fully saturated rings. The molecule has 2 aromatic carbocycles. The largest absolute Gasteiger partial charge is 0.369 e. The second-order valence-electron chi connectivity index (χ2n) is 9.65. The molecule has 1 aliphatic heterocycles. The lowest BCUT2D eigenvalue weighted by Crippen LogP contribution is -2.44. The van der Waals surface area contributed by atoms with Crippen LogP contribution in [0.5, 0.6) is 0 Å². The van der Waals surface area contributed by atoms with E-state index in [2.05, 4.69) is 83.7 Å². The molecule has 3 heterocycles. The Balaban J connectivity index is 1.38. The molecule has 1 N–H and O–H groups in total. The minimum atomic E-state index is -0.0502. The van der Waals surface area contributed by atoms with Gasteiger partial charge in [0.1, 0.15) is 5.65 Å². The molecule has 180 valence electrons. The average molecular weight is 468 g/mol. The second kappa shape index (κ2) is 9.55. The molecule has 0 unspecified atom stereocenters. The maximum Gasteiger partial charge on any atom is 0.230 e. The number of carbonyl (C=O) groups is 1. The number of fused-ring (bicyclic) bond motifs is 1. The topological polar surface area (TPSA) is 52.9 Å². The van der Waals surface area contributed by atoms with Crippen molar-refractivity contribution in [3.8, 4) is 11.3 Å². The fourth-order valence-corrected chi connectivity index (χ4v) is 4.72. The van der Waals surface area contributed by atoms with E-state index < -0.39 is 0 Å². The summed E-state index contributed by atoms with van der Waals surface area (Å²) in [5, 5.41) is 3.09. The molecule has 4 aromatic rings. The van der Waals surface area contributed by atoms with Crippen LogP contribution in [0.2, 0.25) is 0 Å². The fourth-order valence-electron chi connectivity index (χ4n) is 4.72. The van der Waals surface area contributed by atoms with Crippen LogP contribution in [-0.2, 0) is 11.2 Å². The van der Waals surface area contributed by atoms with Crippen molar-refractivity contribution < 1.29 is 4.79 Å². The number of benzene rings is 2. The van der Waals surface area contributed by atoms with Gasteiger partial charge in [-0.3, -0.25) is 4.79 Å². The zero-order valence-corrected chi connectivity index (χ0v) is 21.0. The van der Waals surface area contributed by atoms with Crippen molar-refractivity contribution in [2.45, 2.75) is 27.2 Å². The molecule has 6 heteroatoms. The van der Waals surface area contributed by atoms with E-state index in [0.717, 1.165) is 60.0 Å². The van der Waals surface area contributed by atoms with Gasteiger partial charge in [-0.2, -0.15) is 0 Å². The first-order valence-corrected chi connectivity index (χ1v) is 12.3. The zero-order valence-electron chi connectivity index (χ0n) is 21.0. The molecule has 0 saturated carbocycles. The average Bonchev–Trinajstić information content (AvgIpc) is 3.21. The lowest BCUT2D eigenvalue weighted by Gasteiger charge is -2.34. The van der Waals surface area contributed by atoms with Crippen molar-refractivity contribution in [3.05, 3.63) is 83.2 Å². The first-order chi connectivity index (χ1) is 16.9. The Labute approximate surface area is 207 Å². The molecule has 1 amide bonds. The van der Waals surface area contributed by atoms with Crippen LogP contribution in [0.15, 0.2) is 60.8 Å². The van der Waals surface area contributed by atoms with Gasteiger partial charge in [0, 0.05) is 49.3 Å². The number of piperazine rings is 1. The normalized spacial score (nSPS) is 14.5. The van der Waals surface area contributed by atoms with Crippen LogP contribution in [0.25, 0.3) is 16.9 Å². The molecular weight excluding hydrogens is 434 g/mol. The van der Waals surface area contributed by atoms with Crippen LogP contribution >= 0.6 is 0 Å². The van der Waals surface area contributed by atoms with E-state index in [1.165, 1.54) is 16.8 Å². The summed E-state index contributed by atoms with van der Waals surface area (Å²) < 4.78 is 2.05. The van der Waals surface area contributed by atoms with Gasteiger partial charge in [-0.1, -0.05) is 18.2 Å². The monoisotopic (exact) mass is 467 g/mol. The second-order valence-corrected chi connectivity index (χ2v) is 9.65. The molecule has 1 saturated heterocycles. The number of anilines is 2. The van der Waals surface area contributed by atoms with E-state index in [1.807, 2.05) is 24.4 Å². The predicted octanol–water partition coefficient (Wildman–Crippen LogP) is 4.86. The first kappa shape index (κ1) is 23.1. The SMILES string of the molecule is Cc1ccc(-c2nc3c(C)cccn3c2CC(=O)Nc2ccc(N3CCN(C)CC3)cc2)cc1C. The van der Waals surface area contributed by atoms with Crippen LogP contribution < -0.4 is 10.2 Å². The summed E-state index contributed by atoms with van der Waals surface area (Å²) in [4.78, 5) is 22.9. The number of nitrogens with one attached hydrogen (secondary N) is 1. The third-order valence-corrected chi connectivity index (χ3v) is 7.07. The van der Waals surface area contributed by atoms with E-state index in [4.69, 9.17) is 4.98 Å². The fraction of sp³-hybridized carbons (Fsp3) is 0.310. The first-order valence-electron chi connectivity index (χ1n) is 12.3. The summed E-state index contributed by atoms with van der Waals surface area (Å²) in [6.07, 6.45) is 2.24. The third-order valence-electron chi connectivity index (χ3n) is 7.07. The van der Waals surface area contributed by atoms with E-state index >= 15 is 0 Å². The van der Waals surface area contributed by atoms with E-state index in [0.29, 0.717) is 0 Å². The number of hydrogen-bond donors (Lipinski definition) is 1. The predicted molar refractivity (Wildman–Crippen MR) is 143 cm³/mol. The van der Waals surface area contributed by atoms with Crippen LogP contribution in [0.3, 0.4) is 0 Å². The molecule has 0 aliphatic carbocycles. The highest BCUT2D eigenvalue weighted by Gasteiger charge is 2.19. The third kappa shape index (κ3) is 4.80. The molecule has 35 heavy (non-hydrogen) atoms. The van der Waals surface area contributed by atoms with Gasteiger partial charge in [-0.15, -0.1) is 0 Å².